The normalized spacial score (nSPS) is 11.1. The van der Waals surface area contributed by atoms with Gasteiger partial charge in [-0.2, -0.15) is 0 Å². The highest BCUT2D eigenvalue weighted by molar-refractivity contribution is 9.10. The van der Waals surface area contributed by atoms with Gasteiger partial charge in [-0.05, 0) is 81.7 Å². The molecule has 0 atom stereocenters. The smallest absolute Gasteiger partial charge is 0.262 e. The third-order valence-electron chi connectivity index (χ3n) is 5.02. The molecule has 0 heterocycles. The fraction of sp³-hybridized carbons (Fsp3) is 0.296. The maximum absolute atomic E-state index is 12.3. The maximum atomic E-state index is 12.3. The van der Waals surface area contributed by atoms with Crippen molar-refractivity contribution in [3.05, 3.63) is 88.4 Å². The van der Waals surface area contributed by atoms with Crippen LogP contribution in [0, 0.1) is 0 Å². The summed E-state index contributed by atoms with van der Waals surface area (Å²) in [4.78, 5) is 12.3. The molecule has 32 heavy (non-hydrogen) atoms. The second kappa shape index (κ2) is 11.2. The number of anilines is 1. The van der Waals surface area contributed by atoms with Gasteiger partial charge in [-0.3, -0.25) is 4.79 Å². The number of ether oxygens (including phenoxy) is 2. The summed E-state index contributed by atoms with van der Waals surface area (Å²) < 4.78 is 12.3. The van der Waals surface area contributed by atoms with Crippen molar-refractivity contribution in [3.63, 3.8) is 0 Å². The first kappa shape index (κ1) is 23.9. The number of halogens is 1. The van der Waals surface area contributed by atoms with Crippen LogP contribution in [-0.4, -0.2) is 19.1 Å². The minimum absolute atomic E-state index is 0.0518. The summed E-state index contributed by atoms with van der Waals surface area (Å²) in [6, 6.07) is 23.7. The molecule has 0 bridgehead atoms. The van der Waals surface area contributed by atoms with Gasteiger partial charge < -0.3 is 14.8 Å². The van der Waals surface area contributed by atoms with E-state index in [1.165, 1.54) is 11.1 Å². The summed E-state index contributed by atoms with van der Waals surface area (Å²) in [6.07, 6.45) is 1.94. The van der Waals surface area contributed by atoms with Crippen molar-refractivity contribution >= 4 is 27.5 Å². The zero-order valence-corrected chi connectivity index (χ0v) is 20.4. The minimum Gasteiger partial charge on any atom is -0.494 e. The van der Waals surface area contributed by atoms with E-state index in [2.05, 4.69) is 66.3 Å². The first-order valence-corrected chi connectivity index (χ1v) is 11.6. The number of carbonyl (C=O) groups is 1. The molecule has 0 spiro atoms. The molecule has 0 aromatic heterocycles. The number of aryl methyl sites for hydroxylation is 1. The van der Waals surface area contributed by atoms with Crippen LogP contribution in [0.1, 0.15) is 38.3 Å². The van der Waals surface area contributed by atoms with Gasteiger partial charge in [0.2, 0.25) is 0 Å². The van der Waals surface area contributed by atoms with Crippen LogP contribution in [0.4, 0.5) is 5.69 Å². The van der Waals surface area contributed by atoms with E-state index in [9.17, 15) is 4.79 Å². The predicted molar refractivity (Wildman–Crippen MR) is 134 cm³/mol. The van der Waals surface area contributed by atoms with Crippen molar-refractivity contribution in [1.29, 1.82) is 0 Å². The molecule has 0 aliphatic carbocycles. The highest BCUT2D eigenvalue weighted by Crippen LogP contribution is 2.31. The van der Waals surface area contributed by atoms with Crippen molar-refractivity contribution in [2.24, 2.45) is 0 Å². The number of amides is 1. The molecule has 168 valence electrons. The highest BCUT2D eigenvalue weighted by Gasteiger charge is 2.15. The Hall–Kier alpha value is -2.79. The van der Waals surface area contributed by atoms with Gasteiger partial charge >= 0.3 is 0 Å². The second-order valence-corrected chi connectivity index (χ2v) is 9.55. The van der Waals surface area contributed by atoms with E-state index in [4.69, 9.17) is 9.47 Å². The number of hydrogen-bond acceptors (Lipinski definition) is 3. The Labute approximate surface area is 199 Å². The fourth-order valence-electron chi connectivity index (χ4n) is 3.17. The summed E-state index contributed by atoms with van der Waals surface area (Å²) in [5.74, 6) is 1.22. The fourth-order valence-corrected chi connectivity index (χ4v) is 3.66. The molecule has 0 unspecified atom stereocenters. The molecule has 0 saturated heterocycles. The summed E-state index contributed by atoms with van der Waals surface area (Å²) in [6.45, 7) is 7.06. The van der Waals surface area contributed by atoms with Crippen LogP contribution < -0.4 is 14.8 Å². The van der Waals surface area contributed by atoms with Crippen LogP contribution in [0.2, 0.25) is 0 Å². The van der Waals surface area contributed by atoms with Gasteiger partial charge in [0.05, 0.1) is 11.1 Å². The van der Waals surface area contributed by atoms with Gasteiger partial charge in [0.1, 0.15) is 11.5 Å². The average Bonchev–Trinajstić information content (AvgIpc) is 2.77. The van der Waals surface area contributed by atoms with Gasteiger partial charge in [-0.1, -0.05) is 57.2 Å². The van der Waals surface area contributed by atoms with E-state index in [0.29, 0.717) is 18.0 Å². The lowest BCUT2D eigenvalue weighted by atomic mass is 9.87. The van der Waals surface area contributed by atoms with Crippen molar-refractivity contribution < 1.29 is 14.3 Å². The maximum Gasteiger partial charge on any atom is 0.262 e. The summed E-state index contributed by atoms with van der Waals surface area (Å²) in [7, 11) is 0. The Morgan fingerprint density at radius 3 is 2.31 bits per heavy atom. The van der Waals surface area contributed by atoms with Crippen LogP contribution in [-0.2, 0) is 16.6 Å². The summed E-state index contributed by atoms with van der Waals surface area (Å²) >= 11 is 3.53. The van der Waals surface area contributed by atoms with Gasteiger partial charge in [0.25, 0.3) is 5.91 Å². The molecular weight excluding hydrogens is 466 g/mol. The van der Waals surface area contributed by atoms with Crippen LogP contribution in [0.15, 0.2) is 77.3 Å². The Bertz CT molecular complexity index is 1010. The highest BCUT2D eigenvalue weighted by atomic mass is 79.9. The molecule has 0 radical (unpaired) electrons. The lowest BCUT2D eigenvalue weighted by molar-refractivity contribution is -0.118. The predicted octanol–water partition coefficient (Wildman–Crippen LogP) is 6.78. The number of benzene rings is 3. The van der Waals surface area contributed by atoms with Crippen molar-refractivity contribution in [2.45, 2.75) is 39.0 Å². The Balaban J connectivity index is 1.41. The largest absolute Gasteiger partial charge is 0.494 e. The van der Waals surface area contributed by atoms with Crippen molar-refractivity contribution in [2.75, 3.05) is 18.5 Å². The van der Waals surface area contributed by atoms with E-state index in [1.807, 2.05) is 48.5 Å². The van der Waals surface area contributed by atoms with Crippen molar-refractivity contribution in [1.82, 2.24) is 0 Å². The number of carbonyl (C=O) groups excluding carboxylic acids is 1. The van der Waals surface area contributed by atoms with Crippen molar-refractivity contribution in [3.8, 4) is 11.5 Å². The second-order valence-electron chi connectivity index (χ2n) is 8.69. The first-order chi connectivity index (χ1) is 15.3. The van der Waals surface area contributed by atoms with Gasteiger partial charge in [-0.25, -0.2) is 0 Å². The Kier molecular flexibility index (Phi) is 8.34. The third kappa shape index (κ3) is 7.41. The molecule has 1 N–H and O–H groups in total. The molecule has 0 aliphatic heterocycles. The molecule has 4 nitrogen and oxygen atoms in total. The van der Waals surface area contributed by atoms with Crippen LogP contribution >= 0.6 is 15.9 Å². The van der Waals surface area contributed by atoms with E-state index >= 15 is 0 Å². The van der Waals surface area contributed by atoms with E-state index in [0.717, 1.165) is 23.1 Å². The molecule has 5 heteroatoms. The zero-order chi connectivity index (χ0) is 23.0. The lowest BCUT2D eigenvalue weighted by Crippen LogP contribution is -2.20. The van der Waals surface area contributed by atoms with Crippen LogP contribution in [0.3, 0.4) is 0 Å². The monoisotopic (exact) mass is 495 g/mol. The minimum atomic E-state index is -0.215. The first-order valence-electron chi connectivity index (χ1n) is 10.8. The standard InChI is InChI=1S/C27H30BrNO3/c1-27(2,3)21-11-16-25(24(28)18-21)32-19-26(30)29-22-12-14-23(15-13-22)31-17-7-10-20-8-5-4-6-9-20/h4-6,8-9,11-16,18H,7,10,17,19H2,1-3H3,(H,29,30). The van der Waals surface area contributed by atoms with E-state index in [-0.39, 0.29) is 17.9 Å². The Morgan fingerprint density at radius 2 is 1.66 bits per heavy atom. The molecule has 1 amide bonds. The van der Waals surface area contributed by atoms with E-state index < -0.39 is 0 Å². The molecule has 0 fully saturated rings. The number of rotatable bonds is 9. The quantitative estimate of drug-likeness (QED) is 0.333. The molecule has 3 aromatic rings. The summed E-state index contributed by atoms with van der Waals surface area (Å²) in [5.41, 5.74) is 3.27. The molecule has 0 aliphatic rings. The van der Waals surface area contributed by atoms with E-state index in [1.54, 1.807) is 0 Å². The zero-order valence-electron chi connectivity index (χ0n) is 18.9. The Morgan fingerprint density at radius 1 is 0.938 bits per heavy atom. The van der Waals surface area contributed by atoms with Crippen LogP contribution in [0.5, 0.6) is 11.5 Å². The molecule has 3 rings (SSSR count). The molecular formula is C27H30BrNO3. The third-order valence-corrected chi connectivity index (χ3v) is 5.64. The van der Waals surface area contributed by atoms with Gasteiger partial charge in [-0.15, -0.1) is 0 Å². The molecule has 0 saturated carbocycles. The van der Waals surface area contributed by atoms with Gasteiger partial charge in [0, 0.05) is 5.69 Å². The lowest BCUT2D eigenvalue weighted by Gasteiger charge is -2.20. The van der Waals surface area contributed by atoms with Gasteiger partial charge in [0.15, 0.2) is 6.61 Å². The average molecular weight is 496 g/mol. The van der Waals surface area contributed by atoms with Crippen LogP contribution in [0.25, 0.3) is 0 Å². The summed E-state index contributed by atoms with van der Waals surface area (Å²) in [5, 5.41) is 2.85. The molecule has 3 aromatic carbocycles. The number of nitrogens with one attached hydrogen (secondary N) is 1. The SMILES string of the molecule is CC(C)(C)c1ccc(OCC(=O)Nc2ccc(OCCCc3ccccc3)cc2)c(Br)c1. The number of hydrogen-bond donors (Lipinski definition) is 1. The topological polar surface area (TPSA) is 47.6 Å².